The topological polar surface area (TPSA) is 9.23 Å². The summed E-state index contributed by atoms with van der Waals surface area (Å²) in [7, 11) is -1.89. The Labute approximate surface area is 259 Å². The third-order valence-corrected chi connectivity index (χ3v) is 15.7. The minimum atomic E-state index is -1.89. The molecule has 0 radical (unpaired) electrons. The van der Waals surface area contributed by atoms with Gasteiger partial charge < -0.3 is 4.74 Å². The van der Waals surface area contributed by atoms with Crippen LogP contribution in [-0.4, -0.2) is 20.3 Å². The second kappa shape index (κ2) is 12.4. The maximum Gasteiger partial charge on any atom is 0.0910 e. The van der Waals surface area contributed by atoms with Gasteiger partial charge in [0.15, 0.2) is 0 Å². The zero-order chi connectivity index (χ0) is 31.0. The van der Waals surface area contributed by atoms with E-state index in [1.165, 1.54) is 53.1 Å². The number of rotatable bonds is 10. The number of hydrogen-bond donors (Lipinski definition) is 0. The first-order valence-electron chi connectivity index (χ1n) is 16.5. The second-order valence-electron chi connectivity index (χ2n) is 15.5. The molecule has 4 rings (SSSR count). The minimum Gasteiger partial charge on any atom is -0.376 e. The largest absolute Gasteiger partial charge is 0.376 e. The lowest BCUT2D eigenvalue weighted by Crippen LogP contribution is -2.42. The van der Waals surface area contributed by atoms with Gasteiger partial charge in [0.2, 0.25) is 0 Å². The van der Waals surface area contributed by atoms with E-state index in [2.05, 4.69) is 131 Å². The highest BCUT2D eigenvalue weighted by molar-refractivity contribution is 6.87. The first-order valence-corrected chi connectivity index (χ1v) is 19.3. The van der Waals surface area contributed by atoms with Crippen molar-refractivity contribution in [1.82, 2.24) is 0 Å². The van der Waals surface area contributed by atoms with E-state index in [0.29, 0.717) is 11.5 Å². The van der Waals surface area contributed by atoms with Crippen LogP contribution < -0.4 is 0 Å². The molecule has 0 N–H and O–H groups in total. The lowest BCUT2D eigenvalue weighted by atomic mass is 9.84. The van der Waals surface area contributed by atoms with Gasteiger partial charge in [-0.25, -0.2) is 0 Å². The van der Waals surface area contributed by atoms with Crippen molar-refractivity contribution in [3.63, 3.8) is 0 Å². The average molecular weight is 583 g/mol. The highest BCUT2D eigenvalue weighted by Crippen LogP contribution is 2.52. The number of ether oxygens (including phenoxy) is 1. The molecule has 1 nitrogen and oxygen atoms in total. The van der Waals surface area contributed by atoms with Gasteiger partial charge in [0.1, 0.15) is 0 Å². The molecule has 0 saturated carbocycles. The molecule has 228 valence electrons. The SMILES string of the molecule is CC1=C(C)C(C)C([Si](C)(CCCCCCOC(C)(C)C)C2C=Cc3c(-c4ccc(C(C)(C)C)cc4C)cccc32)=C1C. The maximum absolute atomic E-state index is 6.00. The van der Waals surface area contributed by atoms with E-state index < -0.39 is 8.07 Å². The Bertz CT molecular complexity index is 1390. The number of benzene rings is 2. The van der Waals surface area contributed by atoms with Gasteiger partial charge >= 0.3 is 0 Å². The summed E-state index contributed by atoms with van der Waals surface area (Å²) in [4.78, 5) is 0. The minimum absolute atomic E-state index is 0.0367. The van der Waals surface area contributed by atoms with Gasteiger partial charge in [0, 0.05) is 12.1 Å². The molecule has 42 heavy (non-hydrogen) atoms. The number of unbranched alkanes of at least 4 members (excludes halogenated alkanes) is 3. The highest BCUT2D eigenvalue weighted by atomic mass is 28.3. The van der Waals surface area contributed by atoms with Gasteiger partial charge in [-0.2, -0.15) is 0 Å². The second-order valence-corrected chi connectivity index (χ2v) is 20.0. The number of aryl methyl sites for hydroxylation is 1. The van der Waals surface area contributed by atoms with Crippen molar-refractivity contribution in [2.45, 2.75) is 131 Å². The molecule has 0 fully saturated rings. The summed E-state index contributed by atoms with van der Waals surface area (Å²) in [5.41, 5.74) is 14.0. The molecule has 0 bridgehead atoms. The lowest BCUT2D eigenvalue weighted by Gasteiger charge is -2.39. The van der Waals surface area contributed by atoms with Gasteiger partial charge in [0.25, 0.3) is 0 Å². The quantitative estimate of drug-likeness (QED) is 0.200. The summed E-state index contributed by atoms with van der Waals surface area (Å²) in [6.07, 6.45) is 10.1. The van der Waals surface area contributed by atoms with Crippen LogP contribution in [0.3, 0.4) is 0 Å². The normalized spacial score (nSPS) is 20.5. The van der Waals surface area contributed by atoms with Crippen LogP contribution in [0.1, 0.15) is 123 Å². The van der Waals surface area contributed by atoms with E-state index in [9.17, 15) is 0 Å². The standard InChI is InChI=1S/C40H58OSi/c1-27-26-32(39(6,7)8)20-21-33(27)34-18-17-19-36-35(34)22-23-37(36)42(12,38-30(4)28(2)29(3)31(38)5)25-16-14-13-15-24-41-40(9,10)11/h17-23,26,30,37H,13-16,24-25H2,1-12H3. The molecule has 2 aromatic carbocycles. The van der Waals surface area contributed by atoms with Crippen molar-refractivity contribution in [1.29, 1.82) is 0 Å². The maximum atomic E-state index is 6.00. The van der Waals surface area contributed by atoms with E-state index in [4.69, 9.17) is 4.74 Å². The molecular weight excluding hydrogens is 525 g/mol. The van der Waals surface area contributed by atoms with Crippen molar-refractivity contribution < 1.29 is 4.74 Å². The molecule has 0 amide bonds. The molecule has 2 heteroatoms. The first-order chi connectivity index (χ1) is 19.6. The molecule has 0 saturated heterocycles. The molecule has 3 unspecified atom stereocenters. The Morgan fingerprint density at radius 2 is 1.50 bits per heavy atom. The predicted octanol–water partition coefficient (Wildman–Crippen LogP) is 11.9. The number of hydrogen-bond acceptors (Lipinski definition) is 1. The van der Waals surface area contributed by atoms with E-state index in [0.717, 1.165) is 13.0 Å². The Balaban J connectivity index is 1.65. The van der Waals surface area contributed by atoms with E-state index in [1.807, 2.05) is 5.20 Å². The summed E-state index contributed by atoms with van der Waals surface area (Å²) in [6, 6.07) is 15.6. The summed E-state index contributed by atoms with van der Waals surface area (Å²) >= 11 is 0. The fraction of sp³-hybridized carbons (Fsp3) is 0.550. The predicted molar refractivity (Wildman–Crippen MR) is 188 cm³/mol. The molecule has 2 aromatic rings. The van der Waals surface area contributed by atoms with E-state index in [-0.39, 0.29) is 11.0 Å². The van der Waals surface area contributed by atoms with Gasteiger partial charge in [0.05, 0.1) is 13.7 Å². The van der Waals surface area contributed by atoms with Crippen molar-refractivity contribution in [3.8, 4) is 11.1 Å². The molecule has 2 aliphatic rings. The fourth-order valence-electron chi connectivity index (χ4n) is 7.63. The van der Waals surface area contributed by atoms with Crippen molar-refractivity contribution in [2.75, 3.05) is 6.61 Å². The third-order valence-electron chi connectivity index (χ3n) is 10.4. The van der Waals surface area contributed by atoms with Crippen molar-refractivity contribution in [3.05, 3.63) is 86.6 Å². The average Bonchev–Trinajstić information content (AvgIpc) is 3.43. The van der Waals surface area contributed by atoms with Gasteiger partial charge in [-0.1, -0.05) is 124 Å². The molecule has 0 aromatic heterocycles. The monoisotopic (exact) mass is 582 g/mol. The van der Waals surface area contributed by atoms with Gasteiger partial charge in [-0.05, 0) is 105 Å². The third kappa shape index (κ3) is 6.65. The smallest absolute Gasteiger partial charge is 0.0910 e. The van der Waals surface area contributed by atoms with Crippen molar-refractivity contribution in [2.24, 2.45) is 5.92 Å². The van der Waals surface area contributed by atoms with Crippen LogP contribution in [0.4, 0.5) is 0 Å². The fourth-order valence-corrected chi connectivity index (χ4v) is 13.2. The summed E-state index contributed by atoms with van der Waals surface area (Å²) in [5, 5.41) is 1.81. The van der Waals surface area contributed by atoms with Crippen LogP contribution in [-0.2, 0) is 10.2 Å². The molecule has 0 heterocycles. The molecule has 0 spiro atoms. The van der Waals surface area contributed by atoms with Gasteiger partial charge in [-0.3, -0.25) is 0 Å². The van der Waals surface area contributed by atoms with E-state index >= 15 is 0 Å². The van der Waals surface area contributed by atoms with Crippen molar-refractivity contribution >= 4 is 14.1 Å². The number of fused-ring (bicyclic) bond motifs is 1. The van der Waals surface area contributed by atoms with Crippen LogP contribution in [0, 0.1) is 12.8 Å². The molecular formula is C40H58OSi. The zero-order valence-corrected chi connectivity index (χ0v) is 29.9. The van der Waals surface area contributed by atoms with Crippen LogP contribution in [0.15, 0.2) is 64.4 Å². The van der Waals surface area contributed by atoms with Gasteiger partial charge in [-0.15, -0.1) is 0 Å². The Morgan fingerprint density at radius 1 is 0.810 bits per heavy atom. The lowest BCUT2D eigenvalue weighted by molar-refractivity contribution is -0.00471. The summed E-state index contributed by atoms with van der Waals surface area (Å²) in [6.45, 7) is 28.9. The summed E-state index contributed by atoms with van der Waals surface area (Å²) < 4.78 is 6.00. The molecule has 3 atom stereocenters. The first kappa shape index (κ1) is 32.7. The molecule has 2 aliphatic carbocycles. The van der Waals surface area contributed by atoms with Crippen LogP contribution >= 0.6 is 0 Å². The Morgan fingerprint density at radius 3 is 2.10 bits per heavy atom. The number of allylic oxidation sites excluding steroid dienone is 5. The van der Waals surface area contributed by atoms with Crippen LogP contribution in [0.25, 0.3) is 17.2 Å². The van der Waals surface area contributed by atoms with Crippen LogP contribution in [0.2, 0.25) is 12.6 Å². The van der Waals surface area contributed by atoms with E-state index in [1.54, 1.807) is 22.3 Å². The Kier molecular flexibility index (Phi) is 9.70. The Hall–Kier alpha value is -2.16. The summed E-state index contributed by atoms with van der Waals surface area (Å²) in [5.74, 6) is 0.565. The zero-order valence-electron chi connectivity index (χ0n) is 28.9. The highest BCUT2D eigenvalue weighted by Gasteiger charge is 2.46. The van der Waals surface area contributed by atoms with Crippen LogP contribution in [0.5, 0.6) is 0 Å². The molecule has 0 aliphatic heterocycles.